The summed E-state index contributed by atoms with van der Waals surface area (Å²) in [5.74, 6) is 0.757. The van der Waals surface area contributed by atoms with Crippen LogP contribution >= 0.6 is 0 Å². The molecule has 0 radical (unpaired) electrons. The van der Waals surface area contributed by atoms with E-state index in [4.69, 9.17) is 4.98 Å². The van der Waals surface area contributed by atoms with Crippen LogP contribution in [0.1, 0.15) is 64.2 Å². The molecule has 0 N–H and O–H groups in total. The number of hydrogen-bond donors (Lipinski definition) is 0. The molecule has 7 nitrogen and oxygen atoms in total. The summed E-state index contributed by atoms with van der Waals surface area (Å²) in [6.07, 6.45) is 5.84. The van der Waals surface area contributed by atoms with Crippen LogP contribution in [0.2, 0.25) is 0 Å². The number of hydrogen-bond acceptors (Lipinski definition) is 4. The predicted molar refractivity (Wildman–Crippen MR) is 136 cm³/mol. The number of benzene rings is 2. The van der Waals surface area contributed by atoms with Crippen molar-refractivity contribution < 1.29 is 9.59 Å². The highest BCUT2D eigenvalue weighted by atomic mass is 16.2. The minimum Gasteiger partial charge on any atom is -0.337 e. The van der Waals surface area contributed by atoms with E-state index >= 15 is 0 Å². The Labute approximate surface area is 205 Å². The fourth-order valence-electron chi connectivity index (χ4n) is 5.19. The fourth-order valence-corrected chi connectivity index (χ4v) is 5.19. The minimum atomic E-state index is -0.0783. The normalized spacial score (nSPS) is 16.8. The summed E-state index contributed by atoms with van der Waals surface area (Å²) in [5.41, 5.74) is 2.87. The van der Waals surface area contributed by atoms with E-state index in [-0.39, 0.29) is 17.4 Å². The Balaban J connectivity index is 1.34. The Morgan fingerprint density at radius 3 is 2.23 bits per heavy atom. The zero-order chi connectivity index (χ0) is 24.4. The molecule has 1 fully saturated rings. The topological polar surface area (TPSA) is 75.5 Å². The average Bonchev–Trinajstić information content (AvgIpc) is 3.10. The van der Waals surface area contributed by atoms with Crippen LogP contribution in [0, 0.1) is 6.92 Å². The molecule has 0 unspecified atom stereocenters. The summed E-state index contributed by atoms with van der Waals surface area (Å²) in [4.78, 5) is 47.9. The maximum atomic E-state index is 13.4. The van der Waals surface area contributed by atoms with E-state index in [0.29, 0.717) is 54.8 Å². The number of fused-ring (bicyclic) bond motifs is 2. The van der Waals surface area contributed by atoms with Crippen molar-refractivity contribution >= 4 is 22.7 Å². The summed E-state index contributed by atoms with van der Waals surface area (Å²) in [5, 5.41) is 0.566. The van der Waals surface area contributed by atoms with E-state index in [2.05, 4.69) is 0 Å². The predicted octanol–water partition coefficient (Wildman–Crippen LogP) is 3.81. The highest BCUT2D eigenvalue weighted by Crippen LogP contribution is 2.18. The van der Waals surface area contributed by atoms with Crippen molar-refractivity contribution in [2.75, 3.05) is 26.2 Å². The SMILES string of the molecule is Cc1cccc(C(=O)N2CCCN(C(=O)c3ccc4c(=O)n5c(nc4c3)CCCCCC5)CC2)c1. The van der Waals surface area contributed by atoms with Gasteiger partial charge in [0.2, 0.25) is 0 Å². The Morgan fingerprint density at radius 1 is 0.771 bits per heavy atom. The zero-order valence-electron chi connectivity index (χ0n) is 20.3. The molecule has 0 bridgehead atoms. The first kappa shape index (κ1) is 23.3. The number of aromatic nitrogens is 2. The molecule has 2 aliphatic rings. The molecule has 3 heterocycles. The number of aryl methyl sites for hydroxylation is 2. The summed E-state index contributed by atoms with van der Waals surface area (Å²) in [6, 6.07) is 12.9. The first-order valence-corrected chi connectivity index (χ1v) is 12.7. The second-order valence-corrected chi connectivity index (χ2v) is 9.69. The van der Waals surface area contributed by atoms with Gasteiger partial charge < -0.3 is 9.80 Å². The van der Waals surface area contributed by atoms with Crippen molar-refractivity contribution in [2.24, 2.45) is 0 Å². The van der Waals surface area contributed by atoms with Crippen LogP contribution in [0.25, 0.3) is 10.9 Å². The lowest BCUT2D eigenvalue weighted by Crippen LogP contribution is -2.37. The molecule has 7 heteroatoms. The molecule has 2 amide bonds. The summed E-state index contributed by atoms with van der Waals surface area (Å²) in [7, 11) is 0. The molecule has 1 saturated heterocycles. The Hall–Kier alpha value is -3.48. The van der Waals surface area contributed by atoms with E-state index < -0.39 is 0 Å². The Kier molecular flexibility index (Phi) is 6.66. The van der Waals surface area contributed by atoms with Gasteiger partial charge in [-0.05, 0) is 56.5 Å². The third-order valence-corrected chi connectivity index (χ3v) is 7.15. The Bertz CT molecular complexity index is 1330. The van der Waals surface area contributed by atoms with Crippen molar-refractivity contribution in [3.05, 3.63) is 75.3 Å². The van der Waals surface area contributed by atoms with Crippen LogP contribution in [-0.4, -0.2) is 57.3 Å². The Morgan fingerprint density at radius 2 is 1.49 bits per heavy atom. The number of rotatable bonds is 2. The molecule has 1 aromatic heterocycles. The van der Waals surface area contributed by atoms with E-state index in [1.165, 1.54) is 0 Å². The van der Waals surface area contributed by atoms with Gasteiger partial charge in [-0.1, -0.05) is 30.5 Å². The van der Waals surface area contributed by atoms with Gasteiger partial charge in [-0.2, -0.15) is 0 Å². The molecule has 3 aromatic rings. The van der Waals surface area contributed by atoms with Crippen molar-refractivity contribution in [3.63, 3.8) is 0 Å². The van der Waals surface area contributed by atoms with Crippen molar-refractivity contribution in [1.82, 2.24) is 19.4 Å². The number of carbonyl (C=O) groups is 2. The first-order chi connectivity index (χ1) is 17.0. The molecule has 0 atom stereocenters. The van der Waals surface area contributed by atoms with Gasteiger partial charge in [-0.15, -0.1) is 0 Å². The van der Waals surface area contributed by atoms with Crippen LogP contribution in [-0.2, 0) is 13.0 Å². The first-order valence-electron chi connectivity index (χ1n) is 12.7. The van der Waals surface area contributed by atoms with Gasteiger partial charge in [0.15, 0.2) is 0 Å². The number of carbonyl (C=O) groups excluding carboxylic acids is 2. The minimum absolute atomic E-state index is 0.00836. The van der Waals surface area contributed by atoms with Gasteiger partial charge in [0.1, 0.15) is 5.82 Å². The van der Waals surface area contributed by atoms with E-state index in [9.17, 15) is 14.4 Å². The molecule has 182 valence electrons. The van der Waals surface area contributed by atoms with Crippen molar-refractivity contribution in [3.8, 4) is 0 Å². The average molecular weight is 473 g/mol. The fraction of sp³-hybridized carbons (Fsp3) is 0.429. The second-order valence-electron chi connectivity index (χ2n) is 9.69. The number of nitrogens with zero attached hydrogens (tertiary/aromatic N) is 4. The standard InChI is InChI=1S/C28H32N4O3/c1-20-8-6-9-21(18-20)26(33)30-13-7-14-31(17-16-30)27(34)22-11-12-23-24(19-22)29-25-10-4-2-3-5-15-32(25)28(23)35/h6,8-9,11-12,18-19H,2-5,7,10,13-17H2,1H3. The highest BCUT2D eigenvalue weighted by Gasteiger charge is 2.24. The smallest absolute Gasteiger partial charge is 0.261 e. The number of amides is 2. The molecule has 2 aliphatic heterocycles. The van der Waals surface area contributed by atoms with Gasteiger partial charge >= 0.3 is 0 Å². The second kappa shape index (κ2) is 10.0. The van der Waals surface area contributed by atoms with Gasteiger partial charge in [0, 0.05) is 50.3 Å². The molecule has 2 aromatic carbocycles. The van der Waals surface area contributed by atoms with Crippen LogP contribution in [0.15, 0.2) is 47.3 Å². The maximum absolute atomic E-state index is 13.4. The van der Waals surface area contributed by atoms with Gasteiger partial charge in [-0.3, -0.25) is 19.0 Å². The molecule has 0 aliphatic carbocycles. The van der Waals surface area contributed by atoms with Gasteiger partial charge in [-0.25, -0.2) is 4.98 Å². The molecular weight excluding hydrogens is 440 g/mol. The van der Waals surface area contributed by atoms with Crippen molar-refractivity contribution in [1.29, 1.82) is 0 Å². The van der Waals surface area contributed by atoms with Crippen LogP contribution in [0.4, 0.5) is 0 Å². The molecule has 5 rings (SSSR count). The van der Waals surface area contributed by atoms with Crippen molar-refractivity contribution in [2.45, 2.75) is 52.0 Å². The summed E-state index contributed by atoms with van der Waals surface area (Å²) < 4.78 is 1.82. The van der Waals surface area contributed by atoms with Gasteiger partial charge in [0.25, 0.3) is 17.4 Å². The van der Waals surface area contributed by atoms with E-state index in [1.807, 2.05) is 45.6 Å². The van der Waals surface area contributed by atoms with E-state index in [1.54, 1.807) is 18.2 Å². The largest absolute Gasteiger partial charge is 0.337 e. The van der Waals surface area contributed by atoms with E-state index in [0.717, 1.165) is 49.9 Å². The molecule has 35 heavy (non-hydrogen) atoms. The lowest BCUT2D eigenvalue weighted by molar-refractivity contribution is 0.0719. The summed E-state index contributed by atoms with van der Waals surface area (Å²) in [6.45, 7) is 4.88. The molecule has 0 spiro atoms. The van der Waals surface area contributed by atoms with Crippen LogP contribution in [0.3, 0.4) is 0 Å². The van der Waals surface area contributed by atoms with Gasteiger partial charge in [0.05, 0.1) is 10.9 Å². The third kappa shape index (κ3) is 4.85. The van der Waals surface area contributed by atoms with Crippen LogP contribution < -0.4 is 5.56 Å². The third-order valence-electron chi connectivity index (χ3n) is 7.15. The summed E-state index contributed by atoms with van der Waals surface area (Å²) >= 11 is 0. The monoisotopic (exact) mass is 472 g/mol. The van der Waals surface area contributed by atoms with Crippen LogP contribution in [0.5, 0.6) is 0 Å². The quantitative estimate of drug-likeness (QED) is 0.568. The highest BCUT2D eigenvalue weighted by molar-refractivity contribution is 5.98. The molecular formula is C28H32N4O3. The zero-order valence-corrected chi connectivity index (χ0v) is 20.3. The molecule has 0 saturated carbocycles. The lowest BCUT2D eigenvalue weighted by atomic mass is 10.1. The maximum Gasteiger partial charge on any atom is 0.261 e. The lowest BCUT2D eigenvalue weighted by Gasteiger charge is -2.22.